The number of likely N-dealkylation sites (tertiary alicyclic amines) is 1. The molecule has 0 aliphatic carbocycles. The lowest BCUT2D eigenvalue weighted by Gasteiger charge is -2.30. The van der Waals surface area contributed by atoms with E-state index in [9.17, 15) is 23.6 Å². The Morgan fingerprint density at radius 1 is 1.16 bits per heavy atom. The van der Waals surface area contributed by atoms with Gasteiger partial charge in [0.15, 0.2) is 5.83 Å². The molecule has 1 aromatic rings. The summed E-state index contributed by atoms with van der Waals surface area (Å²) in [6, 6.07) is 4.50. The maximum absolute atomic E-state index is 12.9. The lowest BCUT2D eigenvalue weighted by molar-refractivity contribution is -0.132. The maximum atomic E-state index is 12.9. The molecule has 2 aliphatic heterocycles. The first-order chi connectivity index (χ1) is 11.9. The Labute approximate surface area is 142 Å². The lowest BCUT2D eigenvalue weighted by atomic mass is 9.95. The van der Waals surface area contributed by atoms with E-state index in [4.69, 9.17) is 0 Å². The molecule has 0 spiro atoms. The second kappa shape index (κ2) is 6.46. The van der Waals surface area contributed by atoms with Crippen LogP contribution in [0.3, 0.4) is 0 Å². The second-order valence-corrected chi connectivity index (χ2v) is 6.00. The van der Waals surface area contributed by atoms with Gasteiger partial charge in [0.05, 0.1) is 11.1 Å². The van der Waals surface area contributed by atoms with Crippen molar-refractivity contribution in [2.24, 2.45) is 5.92 Å². The Hall–Kier alpha value is -3.03. The molecule has 1 saturated heterocycles. The van der Waals surface area contributed by atoms with E-state index in [1.807, 2.05) is 0 Å². The summed E-state index contributed by atoms with van der Waals surface area (Å²) in [6.45, 7) is 3.54. The van der Waals surface area contributed by atoms with Crippen LogP contribution in [0.2, 0.25) is 0 Å². The summed E-state index contributed by atoms with van der Waals surface area (Å²) in [5.74, 6) is -3.25. The Bertz CT molecular complexity index is 797. The highest BCUT2D eigenvalue weighted by Gasteiger charge is 2.30. The smallest absolute Gasteiger partial charge is 0.281 e. The fourth-order valence-corrected chi connectivity index (χ4v) is 3.01. The van der Waals surface area contributed by atoms with E-state index in [0.717, 1.165) is 0 Å². The van der Waals surface area contributed by atoms with E-state index < -0.39 is 23.5 Å². The summed E-state index contributed by atoms with van der Waals surface area (Å²) >= 11 is 0. The number of imide groups is 1. The molecule has 4 amide bonds. The summed E-state index contributed by atoms with van der Waals surface area (Å²) in [5, 5.41) is 4.90. The molecule has 8 heteroatoms. The minimum Gasteiger partial charge on any atom is -0.337 e. The predicted molar refractivity (Wildman–Crippen MR) is 86.4 cm³/mol. The third kappa shape index (κ3) is 3.28. The summed E-state index contributed by atoms with van der Waals surface area (Å²) in [6.07, 6.45) is 0.823. The Balaban J connectivity index is 1.62. The first-order valence-electron chi connectivity index (χ1n) is 7.81. The van der Waals surface area contributed by atoms with Gasteiger partial charge in [-0.2, -0.15) is 0 Å². The van der Waals surface area contributed by atoms with Crippen LogP contribution >= 0.6 is 0 Å². The summed E-state index contributed by atoms with van der Waals surface area (Å²) in [4.78, 5) is 48.4. The van der Waals surface area contributed by atoms with Crippen LogP contribution in [-0.2, 0) is 9.59 Å². The van der Waals surface area contributed by atoms with Gasteiger partial charge in [0, 0.05) is 24.7 Å². The quantitative estimate of drug-likeness (QED) is 0.636. The van der Waals surface area contributed by atoms with Crippen LogP contribution < -0.4 is 10.6 Å². The highest BCUT2D eigenvalue weighted by Crippen LogP contribution is 2.23. The lowest BCUT2D eigenvalue weighted by Crippen LogP contribution is -2.41. The fraction of sp³-hybridized carbons (Fsp3) is 0.294. The topological polar surface area (TPSA) is 95.6 Å². The molecule has 3 rings (SSSR count). The van der Waals surface area contributed by atoms with Crippen LogP contribution in [0.15, 0.2) is 30.6 Å². The normalized spacial score (nSPS) is 17.1. The standard InChI is InChI=1S/C17H16FN3O4/c1-9(18)17(25)21-6-4-10(5-7-21)14(22)19-11-2-3-12-13(8-11)16(24)20-15(12)23/h2-3,8,10H,1,4-7H2,(H,19,22)(H,20,23,24). The van der Waals surface area contributed by atoms with Crippen LogP contribution in [0.25, 0.3) is 0 Å². The molecule has 0 saturated carbocycles. The minimum absolute atomic E-state index is 0.227. The van der Waals surface area contributed by atoms with Gasteiger partial charge in [-0.25, -0.2) is 4.39 Å². The molecule has 2 heterocycles. The number of anilines is 1. The molecular weight excluding hydrogens is 329 g/mol. The van der Waals surface area contributed by atoms with Crippen molar-refractivity contribution in [2.75, 3.05) is 18.4 Å². The van der Waals surface area contributed by atoms with Crippen LogP contribution in [0, 0.1) is 5.92 Å². The van der Waals surface area contributed by atoms with E-state index in [2.05, 4.69) is 17.2 Å². The number of hydrogen-bond acceptors (Lipinski definition) is 4. The highest BCUT2D eigenvalue weighted by molar-refractivity contribution is 6.22. The van der Waals surface area contributed by atoms with Gasteiger partial charge in [-0.3, -0.25) is 24.5 Å². The number of carbonyl (C=O) groups is 4. The van der Waals surface area contributed by atoms with Crippen molar-refractivity contribution in [2.45, 2.75) is 12.8 Å². The average molecular weight is 345 g/mol. The number of fused-ring (bicyclic) bond motifs is 1. The second-order valence-electron chi connectivity index (χ2n) is 6.00. The number of carbonyl (C=O) groups excluding carboxylic acids is 4. The number of nitrogens with one attached hydrogen (secondary N) is 2. The fourth-order valence-electron chi connectivity index (χ4n) is 3.01. The number of nitrogens with zero attached hydrogens (tertiary/aromatic N) is 1. The first kappa shape index (κ1) is 16.8. The van der Waals surface area contributed by atoms with E-state index in [-0.39, 0.29) is 36.0 Å². The van der Waals surface area contributed by atoms with Gasteiger partial charge in [-0.1, -0.05) is 6.58 Å². The summed E-state index contributed by atoms with van der Waals surface area (Å²) in [5.41, 5.74) is 0.926. The SMILES string of the molecule is C=C(F)C(=O)N1CCC(C(=O)Nc2ccc3c(c2)C(=O)NC3=O)CC1. The molecule has 0 radical (unpaired) electrons. The Morgan fingerprint density at radius 2 is 1.80 bits per heavy atom. The molecule has 2 aliphatic rings. The number of amides is 4. The van der Waals surface area contributed by atoms with Crippen molar-refractivity contribution >= 4 is 29.3 Å². The van der Waals surface area contributed by atoms with Crippen LogP contribution in [0.1, 0.15) is 33.6 Å². The number of hydrogen-bond donors (Lipinski definition) is 2. The number of benzene rings is 1. The monoisotopic (exact) mass is 345 g/mol. The number of rotatable bonds is 3. The number of halogens is 1. The average Bonchev–Trinajstić information content (AvgIpc) is 2.88. The molecule has 0 aromatic heterocycles. The van der Waals surface area contributed by atoms with Gasteiger partial charge < -0.3 is 10.2 Å². The largest absolute Gasteiger partial charge is 0.337 e. The zero-order valence-corrected chi connectivity index (χ0v) is 13.3. The van der Waals surface area contributed by atoms with E-state index in [1.54, 1.807) is 6.07 Å². The number of piperidine rings is 1. The Kier molecular flexibility index (Phi) is 4.35. The molecule has 2 N–H and O–H groups in total. The molecule has 25 heavy (non-hydrogen) atoms. The van der Waals surface area contributed by atoms with Gasteiger partial charge in [0.25, 0.3) is 17.7 Å². The molecule has 1 fully saturated rings. The minimum atomic E-state index is -1.01. The van der Waals surface area contributed by atoms with E-state index in [0.29, 0.717) is 18.5 Å². The van der Waals surface area contributed by atoms with Crippen molar-refractivity contribution in [3.05, 3.63) is 41.7 Å². The van der Waals surface area contributed by atoms with Crippen molar-refractivity contribution in [3.63, 3.8) is 0 Å². The molecule has 0 unspecified atom stereocenters. The predicted octanol–water partition coefficient (Wildman–Crippen LogP) is 1.23. The van der Waals surface area contributed by atoms with E-state index in [1.165, 1.54) is 17.0 Å². The van der Waals surface area contributed by atoms with Gasteiger partial charge in [-0.15, -0.1) is 0 Å². The van der Waals surface area contributed by atoms with Crippen LogP contribution in [0.4, 0.5) is 10.1 Å². The van der Waals surface area contributed by atoms with E-state index >= 15 is 0 Å². The molecular formula is C17H16FN3O4. The summed E-state index contributed by atoms with van der Waals surface area (Å²) < 4.78 is 12.9. The third-order valence-corrected chi connectivity index (χ3v) is 4.39. The molecule has 1 aromatic carbocycles. The molecule has 130 valence electrons. The zero-order chi connectivity index (χ0) is 18.1. The first-order valence-corrected chi connectivity index (χ1v) is 7.81. The van der Waals surface area contributed by atoms with Gasteiger partial charge in [-0.05, 0) is 31.0 Å². The van der Waals surface area contributed by atoms with Crippen LogP contribution in [-0.4, -0.2) is 41.6 Å². The van der Waals surface area contributed by atoms with Crippen molar-refractivity contribution in [1.29, 1.82) is 0 Å². The Morgan fingerprint density at radius 3 is 2.44 bits per heavy atom. The van der Waals surface area contributed by atoms with Gasteiger partial charge in [0.2, 0.25) is 5.91 Å². The van der Waals surface area contributed by atoms with Crippen molar-refractivity contribution in [3.8, 4) is 0 Å². The van der Waals surface area contributed by atoms with Crippen LogP contribution in [0.5, 0.6) is 0 Å². The third-order valence-electron chi connectivity index (χ3n) is 4.39. The van der Waals surface area contributed by atoms with Gasteiger partial charge >= 0.3 is 0 Å². The van der Waals surface area contributed by atoms with Crippen molar-refractivity contribution in [1.82, 2.24) is 10.2 Å². The zero-order valence-electron chi connectivity index (χ0n) is 13.3. The highest BCUT2D eigenvalue weighted by atomic mass is 19.1. The molecule has 7 nitrogen and oxygen atoms in total. The maximum Gasteiger partial charge on any atom is 0.281 e. The van der Waals surface area contributed by atoms with Crippen molar-refractivity contribution < 1.29 is 23.6 Å². The molecule has 0 bridgehead atoms. The molecule has 0 atom stereocenters. The van der Waals surface area contributed by atoms with Gasteiger partial charge in [0.1, 0.15) is 0 Å². The summed E-state index contributed by atoms with van der Waals surface area (Å²) in [7, 11) is 0.